The number of rotatable bonds is 0. The summed E-state index contributed by atoms with van der Waals surface area (Å²) in [5.41, 5.74) is 12.1. The average Bonchev–Trinajstić information content (AvgIpc) is 1.61. The predicted octanol–water partition coefficient (Wildman–Crippen LogP) is -0.663. The zero-order valence-electron chi connectivity index (χ0n) is 3.73. The maximum absolute atomic E-state index is 4.90. The van der Waals surface area contributed by atoms with Crippen molar-refractivity contribution in [1.29, 1.82) is 0 Å². The lowest BCUT2D eigenvalue weighted by molar-refractivity contribution is 1.26. The predicted molar refractivity (Wildman–Crippen MR) is 27.5 cm³/mol. The van der Waals surface area contributed by atoms with E-state index in [1.807, 2.05) is 0 Å². The van der Waals surface area contributed by atoms with Gasteiger partial charge in [0, 0.05) is 6.42 Å². The van der Waals surface area contributed by atoms with E-state index in [1.165, 1.54) is 0 Å². The molecule has 0 aromatic heterocycles. The maximum atomic E-state index is 4.90. The minimum atomic E-state index is 0.0537. The number of hydrogen-bond donors (Lipinski definition) is 2. The van der Waals surface area contributed by atoms with Crippen LogP contribution in [0.2, 0.25) is 0 Å². The molecule has 34 valence electrons. The molecule has 0 saturated heterocycles. The summed E-state index contributed by atoms with van der Waals surface area (Å²) >= 11 is 0. The fourth-order valence-corrected chi connectivity index (χ4v) is 0.108. The number of allylic oxidation sites excluding steroid dienone is 1. The summed E-state index contributed by atoms with van der Waals surface area (Å²) in [6.07, 6.45) is 6.97. The van der Waals surface area contributed by atoms with Gasteiger partial charge < -0.3 is 11.5 Å². The zero-order valence-corrected chi connectivity index (χ0v) is 3.73. The smallest absolute Gasteiger partial charge is 0.241 e. The molecule has 0 aromatic carbocycles. The van der Waals surface area contributed by atoms with Gasteiger partial charge in [-0.1, -0.05) is 0 Å². The summed E-state index contributed by atoms with van der Waals surface area (Å²) in [5.74, 6) is 2.11. The van der Waals surface area contributed by atoms with E-state index in [2.05, 4.69) is 17.7 Å². The van der Waals surface area contributed by atoms with Gasteiger partial charge in [0.1, 0.15) is 11.7 Å². The quantitative estimate of drug-likeness (QED) is 0.237. The van der Waals surface area contributed by atoms with Gasteiger partial charge in [-0.05, 0) is 0 Å². The van der Waals surface area contributed by atoms with E-state index in [9.17, 15) is 0 Å². The van der Waals surface area contributed by atoms with Crippen LogP contribution in [0.1, 0.15) is 0 Å². The van der Waals surface area contributed by atoms with Crippen molar-refractivity contribution < 1.29 is 0 Å². The standard InChI is InChI=1S/C5H5N2/c1-2-3-4-5(6)7/h1H,6-7H2/q+1. The number of terminal acetylenes is 1. The second-order valence-corrected chi connectivity index (χ2v) is 0.850. The Balaban J connectivity index is 3.95. The lowest BCUT2D eigenvalue weighted by Gasteiger charge is -1.64. The third kappa shape index (κ3) is 4.59. The number of nitrogens with two attached hydrogens (primary N) is 2. The third-order valence-corrected chi connectivity index (χ3v) is 0.279. The maximum Gasteiger partial charge on any atom is 0.241 e. The summed E-state index contributed by atoms with van der Waals surface area (Å²) in [6, 6.07) is 0. The average molecular weight is 93.1 g/mol. The van der Waals surface area contributed by atoms with Crippen LogP contribution in [0.3, 0.4) is 0 Å². The summed E-state index contributed by atoms with van der Waals surface area (Å²) < 4.78 is 0. The van der Waals surface area contributed by atoms with Crippen molar-refractivity contribution in [1.82, 2.24) is 0 Å². The monoisotopic (exact) mass is 93.0 g/mol. The normalized spacial score (nSPS) is 5.00. The molecule has 4 N–H and O–H groups in total. The van der Waals surface area contributed by atoms with Gasteiger partial charge in [-0.15, -0.1) is 0 Å². The van der Waals surface area contributed by atoms with Gasteiger partial charge >= 0.3 is 0 Å². The minimum Gasteiger partial charge on any atom is -0.327 e. The molecule has 0 bridgehead atoms. The molecular weight excluding hydrogens is 88.1 g/mol. The summed E-state index contributed by atoms with van der Waals surface area (Å²) in [4.78, 5) is 0. The molecule has 0 spiro atoms. The molecular formula is C5H5N2+. The fraction of sp³-hybridized carbons (Fsp3) is 0. The first-order valence-corrected chi connectivity index (χ1v) is 1.62. The van der Waals surface area contributed by atoms with Crippen LogP contribution in [0.4, 0.5) is 0 Å². The van der Waals surface area contributed by atoms with E-state index in [4.69, 9.17) is 17.9 Å². The van der Waals surface area contributed by atoms with Crippen molar-refractivity contribution in [3.63, 3.8) is 0 Å². The third-order valence-electron chi connectivity index (χ3n) is 0.279. The van der Waals surface area contributed by atoms with Gasteiger partial charge in [0.15, 0.2) is 6.08 Å². The first kappa shape index (κ1) is 5.59. The Labute approximate surface area is 42.5 Å². The molecule has 2 heteroatoms. The highest BCUT2D eigenvalue weighted by Crippen LogP contribution is 1.58. The molecule has 0 aliphatic rings. The van der Waals surface area contributed by atoms with Gasteiger partial charge in [-0.3, -0.25) is 0 Å². The largest absolute Gasteiger partial charge is 0.327 e. The Morgan fingerprint density at radius 2 is 2.14 bits per heavy atom. The van der Waals surface area contributed by atoms with Crippen LogP contribution in [-0.2, 0) is 0 Å². The van der Waals surface area contributed by atoms with Crippen LogP contribution in [0.5, 0.6) is 0 Å². The van der Waals surface area contributed by atoms with Crippen molar-refractivity contribution >= 4 is 0 Å². The minimum absolute atomic E-state index is 0.0537. The highest BCUT2D eigenvalue weighted by atomic mass is 14.8. The van der Waals surface area contributed by atoms with E-state index in [0.717, 1.165) is 0 Å². The highest BCUT2D eigenvalue weighted by Gasteiger charge is 1.72. The molecule has 0 unspecified atom stereocenters. The molecule has 2 nitrogen and oxygen atoms in total. The molecule has 0 fully saturated rings. The summed E-state index contributed by atoms with van der Waals surface area (Å²) in [7, 11) is 0. The second kappa shape index (κ2) is 2.81. The lowest BCUT2D eigenvalue weighted by atomic mass is 10.6. The highest BCUT2D eigenvalue weighted by molar-refractivity contribution is 5.02. The van der Waals surface area contributed by atoms with Gasteiger partial charge in [-0.25, -0.2) is 0 Å². The van der Waals surface area contributed by atoms with Gasteiger partial charge in [0.2, 0.25) is 5.82 Å². The first-order chi connectivity index (χ1) is 3.27. The van der Waals surface area contributed by atoms with Gasteiger partial charge in [0.05, 0.1) is 0 Å². The molecule has 0 radical (unpaired) electrons. The molecule has 0 amide bonds. The Morgan fingerprint density at radius 3 is 2.29 bits per heavy atom. The van der Waals surface area contributed by atoms with Crippen molar-refractivity contribution in [3.8, 4) is 12.3 Å². The summed E-state index contributed by atoms with van der Waals surface area (Å²) in [6.45, 7) is 0. The lowest BCUT2D eigenvalue weighted by Crippen LogP contribution is -2.05. The van der Waals surface area contributed by atoms with Crippen molar-refractivity contribution in [3.05, 3.63) is 17.6 Å². The van der Waals surface area contributed by atoms with Crippen LogP contribution < -0.4 is 11.5 Å². The van der Waals surface area contributed by atoms with E-state index in [1.54, 1.807) is 0 Å². The summed E-state index contributed by atoms with van der Waals surface area (Å²) in [5, 5.41) is 0. The molecule has 0 saturated carbocycles. The van der Waals surface area contributed by atoms with Crippen LogP contribution >= 0.6 is 0 Å². The van der Waals surface area contributed by atoms with Crippen molar-refractivity contribution in [2.24, 2.45) is 11.5 Å². The van der Waals surface area contributed by atoms with E-state index in [0.29, 0.717) is 0 Å². The SMILES string of the molecule is C#C[C+]=C=C(N)N. The van der Waals surface area contributed by atoms with E-state index < -0.39 is 0 Å². The van der Waals surface area contributed by atoms with Crippen LogP contribution in [0.15, 0.2) is 11.6 Å². The van der Waals surface area contributed by atoms with Crippen LogP contribution in [-0.4, -0.2) is 0 Å². The van der Waals surface area contributed by atoms with E-state index >= 15 is 0 Å². The molecule has 7 heavy (non-hydrogen) atoms. The molecule has 0 atom stereocenters. The fourth-order valence-electron chi connectivity index (χ4n) is 0.108. The molecule has 0 rings (SSSR count). The van der Waals surface area contributed by atoms with E-state index in [-0.39, 0.29) is 5.82 Å². The molecule has 0 aromatic rings. The Morgan fingerprint density at radius 1 is 1.57 bits per heavy atom. The Kier molecular flexibility index (Phi) is 2.24. The zero-order chi connectivity index (χ0) is 5.70. The van der Waals surface area contributed by atoms with Gasteiger partial charge in [0.25, 0.3) is 0 Å². The number of hydrogen-bond acceptors (Lipinski definition) is 2. The Bertz CT molecular complexity index is 140. The van der Waals surface area contributed by atoms with Crippen molar-refractivity contribution in [2.45, 2.75) is 0 Å². The second-order valence-electron chi connectivity index (χ2n) is 0.850. The van der Waals surface area contributed by atoms with Crippen LogP contribution in [0, 0.1) is 18.4 Å². The topological polar surface area (TPSA) is 52.0 Å². The Hall–Kier alpha value is -1.41. The van der Waals surface area contributed by atoms with Crippen LogP contribution in [0.25, 0.3) is 0 Å². The van der Waals surface area contributed by atoms with Crippen molar-refractivity contribution in [2.75, 3.05) is 0 Å². The molecule has 0 aliphatic carbocycles. The molecule has 0 aliphatic heterocycles. The van der Waals surface area contributed by atoms with Gasteiger partial charge in [-0.2, -0.15) is 0 Å². The molecule has 0 heterocycles. The first-order valence-electron chi connectivity index (χ1n) is 1.62.